The minimum Gasteiger partial charge on any atom is -0.493 e. The number of hydrogen-bond acceptors (Lipinski definition) is 9. The van der Waals surface area contributed by atoms with Gasteiger partial charge in [0.05, 0.1) is 19.0 Å². The van der Waals surface area contributed by atoms with Crippen molar-refractivity contribution < 1.29 is 33.3 Å². The lowest BCUT2D eigenvalue weighted by atomic mass is 10.1. The van der Waals surface area contributed by atoms with Crippen molar-refractivity contribution in [3.05, 3.63) is 83.3 Å². The Morgan fingerprint density at radius 2 is 1.82 bits per heavy atom. The maximum atomic E-state index is 15.1. The number of aliphatic hydroxyl groups is 1. The van der Waals surface area contributed by atoms with Crippen LogP contribution in [0.25, 0.3) is 10.9 Å². The van der Waals surface area contributed by atoms with Gasteiger partial charge in [-0.1, -0.05) is 36.5 Å². The van der Waals surface area contributed by atoms with Gasteiger partial charge in [-0.15, -0.1) is 0 Å². The molecule has 2 N–H and O–H groups in total. The number of nitrogens with one attached hydrogen (secondary N) is 1. The molecule has 10 nitrogen and oxygen atoms in total. The number of halogens is 2. The number of benzene rings is 3. The third-order valence-corrected chi connectivity index (χ3v) is 7.84. The smallest absolute Gasteiger partial charge is 0.338 e. The highest BCUT2D eigenvalue weighted by atomic mass is 35.5. The Kier molecular flexibility index (Phi) is 10.6. The zero-order valence-electron chi connectivity index (χ0n) is 24.4. The molecular formula is C32H32ClFN4O6S. The summed E-state index contributed by atoms with van der Waals surface area (Å²) >= 11 is 9.87. The van der Waals surface area contributed by atoms with Crippen LogP contribution in [0.5, 0.6) is 23.0 Å². The predicted molar refractivity (Wildman–Crippen MR) is 172 cm³/mol. The summed E-state index contributed by atoms with van der Waals surface area (Å²) in [6.07, 6.45) is 3.05. The van der Waals surface area contributed by atoms with E-state index in [1.54, 1.807) is 42.5 Å². The van der Waals surface area contributed by atoms with Crippen LogP contribution in [-0.4, -0.2) is 70.7 Å². The fourth-order valence-electron chi connectivity index (χ4n) is 4.91. The number of amides is 3. The summed E-state index contributed by atoms with van der Waals surface area (Å²) in [7, 11) is 1.50. The number of carbonyl (C=O) groups is 2. The molecule has 1 saturated heterocycles. The van der Waals surface area contributed by atoms with Crippen LogP contribution in [0, 0.1) is 5.82 Å². The van der Waals surface area contributed by atoms with Gasteiger partial charge in [0, 0.05) is 41.0 Å². The molecule has 3 amide bonds. The van der Waals surface area contributed by atoms with E-state index in [4.69, 9.17) is 25.8 Å². The van der Waals surface area contributed by atoms with Crippen molar-refractivity contribution in [3.8, 4) is 23.0 Å². The van der Waals surface area contributed by atoms with E-state index < -0.39 is 23.9 Å². The summed E-state index contributed by atoms with van der Waals surface area (Å²) in [5.41, 5.74) is 1.26. The van der Waals surface area contributed by atoms with E-state index in [9.17, 15) is 14.7 Å². The fraction of sp³-hybridized carbons (Fsp3) is 0.281. The lowest BCUT2D eigenvalue weighted by Crippen LogP contribution is -2.33. The van der Waals surface area contributed by atoms with Crippen LogP contribution in [0.15, 0.2) is 66.9 Å². The molecule has 5 rings (SSSR count). The highest BCUT2D eigenvalue weighted by Gasteiger charge is 2.21. The molecule has 1 unspecified atom stereocenters. The zero-order valence-corrected chi connectivity index (χ0v) is 26.1. The largest absolute Gasteiger partial charge is 0.493 e. The molecule has 0 spiro atoms. The van der Waals surface area contributed by atoms with Crippen LogP contribution in [0.3, 0.4) is 0 Å². The Labute approximate surface area is 270 Å². The van der Waals surface area contributed by atoms with Gasteiger partial charge in [-0.25, -0.2) is 13.5 Å². The number of nitrogens with zero attached hydrogens (tertiary/aromatic N) is 3. The van der Waals surface area contributed by atoms with Gasteiger partial charge < -0.3 is 29.5 Å². The number of aliphatic hydroxyl groups excluding tert-OH is 1. The summed E-state index contributed by atoms with van der Waals surface area (Å²) in [6.45, 7) is 2.57. The summed E-state index contributed by atoms with van der Waals surface area (Å²) in [5.74, 6) is -0.323. The normalized spacial score (nSPS) is 13.8. The van der Waals surface area contributed by atoms with Gasteiger partial charge in [0.1, 0.15) is 18.5 Å². The average Bonchev–Trinajstić information content (AvgIpc) is 3.54. The highest BCUT2D eigenvalue weighted by molar-refractivity contribution is 7.79. The van der Waals surface area contributed by atoms with Gasteiger partial charge in [0.25, 0.3) is 0 Å². The van der Waals surface area contributed by atoms with E-state index in [2.05, 4.69) is 28.0 Å². The minimum absolute atomic E-state index is 0.0752. The Bertz CT molecular complexity index is 1670. The number of hydrogen-bond donors (Lipinski definition) is 3. The van der Waals surface area contributed by atoms with Crippen LogP contribution in [0.1, 0.15) is 18.4 Å². The van der Waals surface area contributed by atoms with E-state index >= 15 is 4.39 Å². The van der Waals surface area contributed by atoms with Crippen LogP contribution in [-0.2, 0) is 11.2 Å². The molecular weight excluding hydrogens is 623 g/mol. The van der Waals surface area contributed by atoms with Gasteiger partial charge >= 0.3 is 6.03 Å². The Morgan fingerprint density at radius 1 is 1.07 bits per heavy atom. The second-order valence-corrected chi connectivity index (χ2v) is 11.3. The first-order valence-electron chi connectivity index (χ1n) is 14.2. The summed E-state index contributed by atoms with van der Waals surface area (Å²) < 4.78 is 33.0. The molecule has 1 aromatic heterocycles. The van der Waals surface area contributed by atoms with E-state index in [1.165, 1.54) is 25.4 Å². The van der Waals surface area contributed by atoms with Crippen molar-refractivity contribution in [2.45, 2.75) is 25.4 Å². The fourth-order valence-corrected chi connectivity index (χ4v) is 5.16. The van der Waals surface area contributed by atoms with Gasteiger partial charge in [-0.3, -0.25) is 9.78 Å². The number of rotatable bonds is 11. The Morgan fingerprint density at radius 3 is 2.53 bits per heavy atom. The monoisotopic (exact) mass is 654 g/mol. The first-order valence-corrected chi connectivity index (χ1v) is 15.0. The molecule has 4 aromatic rings. The summed E-state index contributed by atoms with van der Waals surface area (Å²) in [6, 6.07) is 14.6. The van der Waals surface area contributed by atoms with Crippen molar-refractivity contribution in [1.82, 2.24) is 14.2 Å². The molecule has 45 heavy (non-hydrogen) atoms. The molecule has 13 heteroatoms. The second kappa shape index (κ2) is 14.8. The van der Waals surface area contributed by atoms with Crippen LogP contribution in [0.2, 0.25) is 5.02 Å². The lowest BCUT2D eigenvalue weighted by molar-refractivity contribution is -0.123. The van der Waals surface area contributed by atoms with Crippen LogP contribution in [0.4, 0.5) is 14.9 Å². The third kappa shape index (κ3) is 8.34. The van der Waals surface area contributed by atoms with Crippen molar-refractivity contribution >= 4 is 52.9 Å². The molecule has 1 aliphatic rings. The number of imide groups is 1. The summed E-state index contributed by atoms with van der Waals surface area (Å²) in [5, 5.41) is 14.0. The van der Waals surface area contributed by atoms with Gasteiger partial charge in [-0.2, -0.15) is 0 Å². The van der Waals surface area contributed by atoms with Gasteiger partial charge in [-0.05, 0) is 67.9 Å². The van der Waals surface area contributed by atoms with Crippen molar-refractivity contribution in [2.24, 2.45) is 0 Å². The van der Waals surface area contributed by atoms with Crippen LogP contribution < -0.4 is 19.5 Å². The number of ether oxygens (including phenoxy) is 3. The third-order valence-electron chi connectivity index (χ3n) is 7.19. The highest BCUT2D eigenvalue weighted by Crippen LogP contribution is 2.38. The number of β-amino-alcohol motifs (C(OH)–C–C–N with tert-alkyl or cyclic N) is 1. The number of pyridine rings is 1. The molecule has 1 aliphatic heterocycles. The van der Waals surface area contributed by atoms with Gasteiger partial charge in [0.2, 0.25) is 5.91 Å². The topological polar surface area (TPSA) is 113 Å². The summed E-state index contributed by atoms with van der Waals surface area (Å²) in [4.78, 5) is 31.7. The Hall–Kier alpha value is -4.10. The standard InChI is InChI=1S/C32H32ClFN4O6S/c1-42-29-16-24-26(17-30(29)43-19-23(39)18-37-12-2-3-13-37)35-11-10-27(24)44-28-9-8-22(15-25(28)34)36-32(41)38(45)31(40)14-20-4-6-21(33)7-5-20/h4-11,15-17,23,39,45H,2-3,12-14,18-19H2,1H3,(H,36,41). The van der Waals surface area contributed by atoms with Crippen molar-refractivity contribution in [1.29, 1.82) is 0 Å². The molecule has 2 heterocycles. The molecule has 0 bridgehead atoms. The van der Waals surface area contributed by atoms with E-state index in [0.29, 0.717) is 49.6 Å². The quantitative estimate of drug-likeness (QED) is 0.166. The number of thiol groups is 1. The number of methoxy groups -OCH3 is 1. The molecule has 0 aliphatic carbocycles. The first-order chi connectivity index (χ1) is 21.7. The zero-order chi connectivity index (χ0) is 31.9. The van der Waals surface area contributed by atoms with Crippen molar-refractivity contribution in [2.75, 3.05) is 38.7 Å². The first kappa shape index (κ1) is 32.3. The van der Waals surface area contributed by atoms with Gasteiger partial charge in [0.15, 0.2) is 23.1 Å². The molecule has 1 fully saturated rings. The maximum absolute atomic E-state index is 15.1. The number of urea groups is 1. The average molecular weight is 655 g/mol. The maximum Gasteiger partial charge on any atom is 0.338 e. The second-order valence-electron chi connectivity index (χ2n) is 10.5. The van der Waals surface area contributed by atoms with E-state index in [0.717, 1.165) is 32.0 Å². The molecule has 3 aromatic carbocycles. The molecule has 0 radical (unpaired) electrons. The lowest BCUT2D eigenvalue weighted by Gasteiger charge is -2.20. The number of carbonyl (C=O) groups excluding carboxylic acids is 2. The Balaban J connectivity index is 1.24. The molecule has 1 atom stereocenters. The van der Waals surface area contributed by atoms with E-state index in [1.807, 2.05) is 0 Å². The minimum atomic E-state index is -0.848. The predicted octanol–water partition coefficient (Wildman–Crippen LogP) is 6.11. The number of fused-ring (bicyclic) bond motifs is 1. The number of anilines is 1. The van der Waals surface area contributed by atoms with E-state index in [-0.39, 0.29) is 24.5 Å². The SMILES string of the molecule is COc1cc2c(Oc3ccc(NC(=O)N(S)C(=O)Cc4ccc(Cl)cc4)cc3F)ccnc2cc1OCC(O)CN1CCCC1. The number of likely N-dealkylation sites (tertiary alicyclic amines) is 1. The van der Waals surface area contributed by atoms with Crippen LogP contribution >= 0.6 is 24.4 Å². The molecule has 0 saturated carbocycles. The molecule has 236 valence electrons. The van der Waals surface area contributed by atoms with Crippen molar-refractivity contribution in [3.63, 3.8) is 0 Å². The number of aromatic nitrogens is 1.